The Hall–Kier alpha value is -0.140. The number of aromatic nitrogens is 1. The molecule has 1 atom stereocenters. The first-order valence-corrected chi connectivity index (χ1v) is 10.1. The van der Waals surface area contributed by atoms with E-state index < -0.39 is 0 Å². The van der Waals surface area contributed by atoms with E-state index in [0.29, 0.717) is 12.5 Å². The predicted molar refractivity (Wildman–Crippen MR) is 104 cm³/mol. The van der Waals surface area contributed by atoms with Crippen molar-refractivity contribution in [3.8, 4) is 0 Å². The van der Waals surface area contributed by atoms with Gasteiger partial charge in [-0.25, -0.2) is 0 Å². The molecule has 0 spiro atoms. The van der Waals surface area contributed by atoms with E-state index in [2.05, 4.69) is 47.5 Å². The van der Waals surface area contributed by atoms with Gasteiger partial charge in [0, 0.05) is 41.3 Å². The molecule has 1 N–H and O–H groups in total. The fourth-order valence-electron chi connectivity index (χ4n) is 2.86. The molecule has 6 heteroatoms. The number of hydrogen-bond donors (Lipinski definition) is 1. The van der Waals surface area contributed by atoms with Crippen molar-refractivity contribution in [1.82, 2.24) is 9.71 Å². The van der Waals surface area contributed by atoms with Gasteiger partial charge in [-0.2, -0.15) is 0 Å². The Morgan fingerprint density at radius 2 is 2.12 bits per heavy atom. The van der Waals surface area contributed by atoms with Crippen LogP contribution in [0.25, 0.3) is 0 Å². The summed E-state index contributed by atoms with van der Waals surface area (Å²) in [5, 5.41) is 0. The first kappa shape index (κ1) is 20.2. The Kier molecular flexibility index (Phi) is 8.01. The summed E-state index contributed by atoms with van der Waals surface area (Å²) in [6.45, 7) is 9.00. The molecular formula is C18H29BrN2O2S. The van der Waals surface area contributed by atoms with Crippen LogP contribution in [0.2, 0.25) is 0 Å². The summed E-state index contributed by atoms with van der Waals surface area (Å²) >= 11 is 5.31. The van der Waals surface area contributed by atoms with E-state index in [1.165, 1.54) is 0 Å². The van der Waals surface area contributed by atoms with Gasteiger partial charge in [0.2, 0.25) is 0 Å². The third kappa shape index (κ3) is 6.64. The fraction of sp³-hybridized carbons (Fsp3) is 0.722. The van der Waals surface area contributed by atoms with Crippen LogP contribution in [-0.2, 0) is 16.1 Å². The Morgan fingerprint density at radius 1 is 1.42 bits per heavy atom. The van der Waals surface area contributed by atoms with Gasteiger partial charge < -0.3 is 9.47 Å². The molecule has 2 rings (SSSR count). The minimum absolute atomic E-state index is 0.157. The molecule has 0 bridgehead atoms. The maximum atomic E-state index is 5.51. The van der Waals surface area contributed by atoms with E-state index in [1.807, 2.05) is 6.20 Å². The summed E-state index contributed by atoms with van der Waals surface area (Å²) < 4.78 is 15.7. The second-order valence-electron chi connectivity index (χ2n) is 7.31. The Morgan fingerprint density at radius 3 is 2.75 bits per heavy atom. The van der Waals surface area contributed by atoms with Crippen LogP contribution in [0.4, 0.5) is 0 Å². The lowest BCUT2D eigenvalue weighted by molar-refractivity contribution is 0.0611. The molecule has 1 aliphatic rings. The highest BCUT2D eigenvalue weighted by molar-refractivity contribution is 9.10. The standard InChI is InChI=1S/C18H29BrN2O2S/c1-18(2,3)24-21-16(9-13-5-7-23-8-6-13)17-14(12-22-4)10-15(19)11-20-17/h10-11,13,16,21H,5-9,12H2,1-4H3/t16-/m0/s1. The molecule has 1 aromatic rings. The number of ether oxygens (including phenoxy) is 2. The highest BCUT2D eigenvalue weighted by Crippen LogP contribution is 2.33. The Balaban J connectivity index is 2.19. The van der Waals surface area contributed by atoms with Crippen molar-refractivity contribution < 1.29 is 9.47 Å². The normalized spacial score (nSPS) is 17.9. The van der Waals surface area contributed by atoms with Crippen LogP contribution in [-0.4, -0.2) is 30.1 Å². The Labute approximate surface area is 158 Å². The van der Waals surface area contributed by atoms with Crippen molar-refractivity contribution >= 4 is 27.9 Å². The van der Waals surface area contributed by atoms with E-state index in [1.54, 1.807) is 19.1 Å². The number of halogens is 1. The smallest absolute Gasteiger partial charge is 0.0731 e. The van der Waals surface area contributed by atoms with Gasteiger partial charge in [-0.15, -0.1) is 0 Å². The molecule has 4 nitrogen and oxygen atoms in total. The molecule has 0 radical (unpaired) electrons. The zero-order chi connectivity index (χ0) is 17.6. The van der Waals surface area contributed by atoms with E-state index >= 15 is 0 Å². The second kappa shape index (κ2) is 9.53. The number of rotatable bonds is 7. The van der Waals surface area contributed by atoms with Gasteiger partial charge in [-0.1, -0.05) is 11.9 Å². The average molecular weight is 417 g/mol. The van der Waals surface area contributed by atoms with Gasteiger partial charge in [-0.05, 0) is 67.9 Å². The molecule has 0 amide bonds. The Bertz CT molecular complexity index is 516. The van der Waals surface area contributed by atoms with E-state index in [0.717, 1.165) is 48.2 Å². The van der Waals surface area contributed by atoms with Gasteiger partial charge in [0.25, 0.3) is 0 Å². The molecule has 1 fully saturated rings. The van der Waals surface area contributed by atoms with Crippen LogP contribution in [0.1, 0.15) is 57.3 Å². The van der Waals surface area contributed by atoms with Crippen molar-refractivity contribution in [2.45, 2.75) is 57.4 Å². The van der Waals surface area contributed by atoms with Crippen LogP contribution < -0.4 is 4.72 Å². The van der Waals surface area contributed by atoms with Crippen molar-refractivity contribution in [3.05, 3.63) is 28.0 Å². The van der Waals surface area contributed by atoms with Gasteiger partial charge >= 0.3 is 0 Å². The molecule has 0 unspecified atom stereocenters. The molecule has 1 saturated heterocycles. The molecule has 0 saturated carbocycles. The summed E-state index contributed by atoms with van der Waals surface area (Å²) in [5.74, 6) is 0.678. The first-order chi connectivity index (χ1) is 11.4. The highest BCUT2D eigenvalue weighted by atomic mass is 79.9. The molecule has 1 aromatic heterocycles. The molecule has 136 valence electrons. The summed E-state index contributed by atoms with van der Waals surface area (Å²) in [7, 11) is 1.73. The number of nitrogens with one attached hydrogen (secondary N) is 1. The quantitative estimate of drug-likeness (QED) is 0.641. The van der Waals surface area contributed by atoms with Crippen LogP contribution >= 0.6 is 27.9 Å². The summed E-state index contributed by atoms with van der Waals surface area (Å²) in [6.07, 6.45) is 5.23. The van der Waals surface area contributed by atoms with Crippen molar-refractivity contribution in [3.63, 3.8) is 0 Å². The number of nitrogens with zero attached hydrogens (tertiary/aromatic N) is 1. The number of methoxy groups -OCH3 is 1. The van der Waals surface area contributed by atoms with E-state index in [-0.39, 0.29) is 10.8 Å². The molecular weight excluding hydrogens is 388 g/mol. The lowest BCUT2D eigenvalue weighted by atomic mass is 9.90. The topological polar surface area (TPSA) is 43.4 Å². The van der Waals surface area contributed by atoms with Crippen molar-refractivity contribution in [2.75, 3.05) is 20.3 Å². The van der Waals surface area contributed by atoms with Crippen molar-refractivity contribution in [2.24, 2.45) is 5.92 Å². The van der Waals surface area contributed by atoms with Gasteiger partial charge in [-0.3, -0.25) is 9.71 Å². The molecule has 24 heavy (non-hydrogen) atoms. The monoisotopic (exact) mass is 416 g/mol. The highest BCUT2D eigenvalue weighted by Gasteiger charge is 2.25. The van der Waals surface area contributed by atoms with Crippen molar-refractivity contribution in [1.29, 1.82) is 0 Å². The minimum atomic E-state index is 0.157. The largest absolute Gasteiger partial charge is 0.381 e. The number of pyridine rings is 1. The second-order valence-corrected chi connectivity index (χ2v) is 9.89. The molecule has 1 aliphatic heterocycles. The third-order valence-electron chi connectivity index (χ3n) is 4.02. The minimum Gasteiger partial charge on any atom is -0.381 e. The van der Waals surface area contributed by atoms with E-state index in [9.17, 15) is 0 Å². The summed E-state index contributed by atoms with van der Waals surface area (Å²) in [5.41, 5.74) is 2.24. The van der Waals surface area contributed by atoms with Crippen LogP contribution in [0.3, 0.4) is 0 Å². The summed E-state index contributed by atoms with van der Waals surface area (Å²) in [4.78, 5) is 4.73. The maximum Gasteiger partial charge on any atom is 0.0731 e. The van der Waals surface area contributed by atoms with Crippen LogP contribution in [0.15, 0.2) is 16.7 Å². The third-order valence-corrected chi connectivity index (χ3v) is 5.46. The molecule has 2 heterocycles. The van der Waals surface area contributed by atoms with Crippen LogP contribution in [0.5, 0.6) is 0 Å². The summed E-state index contributed by atoms with van der Waals surface area (Å²) in [6, 6.07) is 2.34. The fourth-order valence-corrected chi connectivity index (χ4v) is 3.94. The van der Waals surface area contributed by atoms with Crippen LogP contribution in [0, 0.1) is 5.92 Å². The number of hydrogen-bond acceptors (Lipinski definition) is 5. The lowest BCUT2D eigenvalue weighted by Crippen LogP contribution is -2.27. The van der Waals surface area contributed by atoms with Gasteiger partial charge in [0.15, 0.2) is 0 Å². The first-order valence-electron chi connectivity index (χ1n) is 8.53. The molecule has 0 aromatic carbocycles. The predicted octanol–water partition coefficient (Wildman–Crippen LogP) is 4.88. The molecule has 0 aliphatic carbocycles. The average Bonchev–Trinajstić information content (AvgIpc) is 2.52. The van der Waals surface area contributed by atoms with Gasteiger partial charge in [0.1, 0.15) is 0 Å². The zero-order valence-corrected chi connectivity index (χ0v) is 17.5. The van der Waals surface area contributed by atoms with Gasteiger partial charge in [0.05, 0.1) is 18.3 Å². The SMILES string of the molecule is COCc1cc(Br)cnc1[C@H](CC1CCOCC1)NSC(C)(C)C. The lowest BCUT2D eigenvalue weighted by Gasteiger charge is -2.30. The zero-order valence-electron chi connectivity index (χ0n) is 15.1. The maximum absolute atomic E-state index is 5.51. The van der Waals surface area contributed by atoms with E-state index in [4.69, 9.17) is 14.5 Å².